The van der Waals surface area contributed by atoms with E-state index in [1.54, 1.807) is 0 Å². The van der Waals surface area contributed by atoms with Crippen LogP contribution in [-0.2, 0) is 6.54 Å². The Bertz CT molecular complexity index is 499. The maximum absolute atomic E-state index is 6.27. The second-order valence-corrected chi connectivity index (χ2v) is 5.12. The molecule has 1 fully saturated rings. The first-order valence-electron chi connectivity index (χ1n) is 6.65. The fourth-order valence-corrected chi connectivity index (χ4v) is 2.55. The highest BCUT2D eigenvalue weighted by atomic mass is 15.1. The SMILES string of the molecule is NC(Cn1cncc1C1CCC1)c1ccccc1. The third-order valence-corrected chi connectivity index (χ3v) is 3.89. The van der Waals surface area contributed by atoms with E-state index in [0.29, 0.717) is 5.92 Å². The van der Waals surface area contributed by atoms with Gasteiger partial charge in [0.1, 0.15) is 0 Å². The van der Waals surface area contributed by atoms with Gasteiger partial charge in [-0.25, -0.2) is 4.98 Å². The van der Waals surface area contributed by atoms with Gasteiger partial charge in [-0.1, -0.05) is 36.8 Å². The summed E-state index contributed by atoms with van der Waals surface area (Å²) >= 11 is 0. The fraction of sp³-hybridized carbons (Fsp3) is 0.400. The molecule has 3 rings (SSSR count). The Morgan fingerprint density at radius 1 is 1.28 bits per heavy atom. The zero-order valence-corrected chi connectivity index (χ0v) is 10.5. The van der Waals surface area contributed by atoms with Crippen molar-refractivity contribution in [3.05, 3.63) is 54.1 Å². The second kappa shape index (κ2) is 4.94. The maximum Gasteiger partial charge on any atom is 0.0948 e. The van der Waals surface area contributed by atoms with Gasteiger partial charge in [-0.15, -0.1) is 0 Å². The molecule has 0 saturated heterocycles. The molecule has 1 atom stereocenters. The quantitative estimate of drug-likeness (QED) is 0.894. The van der Waals surface area contributed by atoms with Crippen LogP contribution in [0.1, 0.15) is 42.5 Å². The Morgan fingerprint density at radius 2 is 2.06 bits per heavy atom. The summed E-state index contributed by atoms with van der Waals surface area (Å²) < 4.78 is 2.22. The van der Waals surface area contributed by atoms with Gasteiger partial charge in [0.25, 0.3) is 0 Å². The molecular weight excluding hydrogens is 222 g/mol. The van der Waals surface area contributed by atoms with Crippen LogP contribution in [0.2, 0.25) is 0 Å². The molecule has 3 nitrogen and oxygen atoms in total. The number of hydrogen-bond donors (Lipinski definition) is 1. The Labute approximate surface area is 108 Å². The minimum Gasteiger partial charge on any atom is -0.332 e. The number of hydrogen-bond acceptors (Lipinski definition) is 2. The molecule has 1 aliphatic rings. The first kappa shape index (κ1) is 11.5. The lowest BCUT2D eigenvalue weighted by Gasteiger charge is -2.27. The Balaban J connectivity index is 1.74. The summed E-state index contributed by atoms with van der Waals surface area (Å²) in [6, 6.07) is 10.3. The average Bonchev–Trinajstić information content (AvgIpc) is 2.76. The molecule has 2 N–H and O–H groups in total. The molecule has 18 heavy (non-hydrogen) atoms. The molecule has 0 radical (unpaired) electrons. The molecule has 2 aromatic rings. The van der Waals surface area contributed by atoms with Crippen LogP contribution in [0.4, 0.5) is 0 Å². The summed E-state index contributed by atoms with van der Waals surface area (Å²) in [5, 5.41) is 0. The van der Waals surface area contributed by atoms with Crippen LogP contribution in [0.25, 0.3) is 0 Å². The van der Waals surface area contributed by atoms with E-state index >= 15 is 0 Å². The first-order valence-corrected chi connectivity index (χ1v) is 6.65. The molecule has 3 heteroatoms. The zero-order chi connectivity index (χ0) is 12.4. The third kappa shape index (κ3) is 2.18. The molecule has 1 aromatic carbocycles. The maximum atomic E-state index is 6.27. The smallest absolute Gasteiger partial charge is 0.0948 e. The van der Waals surface area contributed by atoms with Crippen LogP contribution in [0.3, 0.4) is 0 Å². The van der Waals surface area contributed by atoms with Gasteiger partial charge < -0.3 is 10.3 Å². The van der Waals surface area contributed by atoms with Gasteiger partial charge in [-0.2, -0.15) is 0 Å². The molecular formula is C15H19N3. The number of nitrogens with zero attached hydrogens (tertiary/aromatic N) is 2. The summed E-state index contributed by atoms with van der Waals surface area (Å²) in [6.07, 6.45) is 7.86. The van der Waals surface area contributed by atoms with E-state index in [1.165, 1.54) is 30.5 Å². The second-order valence-electron chi connectivity index (χ2n) is 5.12. The summed E-state index contributed by atoms with van der Waals surface area (Å²) in [5.74, 6) is 0.704. The van der Waals surface area contributed by atoms with Crippen LogP contribution in [0, 0.1) is 0 Å². The molecule has 1 aliphatic carbocycles. The summed E-state index contributed by atoms with van der Waals surface area (Å²) in [7, 11) is 0. The largest absolute Gasteiger partial charge is 0.332 e. The monoisotopic (exact) mass is 241 g/mol. The van der Waals surface area contributed by atoms with Gasteiger partial charge in [-0.05, 0) is 18.4 Å². The van der Waals surface area contributed by atoms with E-state index in [0.717, 1.165) is 6.54 Å². The highest BCUT2D eigenvalue weighted by Gasteiger charge is 2.23. The lowest BCUT2D eigenvalue weighted by Crippen LogP contribution is -2.21. The van der Waals surface area contributed by atoms with Crippen LogP contribution in [0.15, 0.2) is 42.9 Å². The summed E-state index contributed by atoms with van der Waals surface area (Å²) in [4.78, 5) is 4.28. The Morgan fingerprint density at radius 3 is 2.72 bits per heavy atom. The van der Waals surface area contributed by atoms with E-state index in [9.17, 15) is 0 Å². The Hall–Kier alpha value is -1.61. The van der Waals surface area contributed by atoms with Gasteiger partial charge in [0.05, 0.1) is 6.33 Å². The number of benzene rings is 1. The van der Waals surface area contributed by atoms with Crippen molar-refractivity contribution in [3.8, 4) is 0 Å². The van der Waals surface area contributed by atoms with Gasteiger partial charge in [0.15, 0.2) is 0 Å². The Kier molecular flexibility index (Phi) is 3.15. The molecule has 1 saturated carbocycles. The van der Waals surface area contributed by atoms with Crippen molar-refractivity contribution in [2.75, 3.05) is 0 Å². The van der Waals surface area contributed by atoms with E-state index < -0.39 is 0 Å². The molecule has 0 bridgehead atoms. The summed E-state index contributed by atoms with van der Waals surface area (Å²) in [6.45, 7) is 0.815. The van der Waals surface area contributed by atoms with Crippen LogP contribution >= 0.6 is 0 Å². The molecule has 1 aromatic heterocycles. The minimum absolute atomic E-state index is 0.0410. The lowest BCUT2D eigenvalue weighted by molar-refractivity contribution is 0.391. The topological polar surface area (TPSA) is 43.8 Å². The molecule has 1 heterocycles. The number of nitrogens with two attached hydrogens (primary N) is 1. The lowest BCUT2D eigenvalue weighted by atomic mass is 9.83. The molecule has 1 unspecified atom stereocenters. The van der Waals surface area contributed by atoms with E-state index in [4.69, 9.17) is 5.73 Å². The van der Waals surface area contributed by atoms with Crippen molar-refractivity contribution in [1.82, 2.24) is 9.55 Å². The fourth-order valence-electron chi connectivity index (χ4n) is 2.55. The van der Waals surface area contributed by atoms with Gasteiger partial charge in [-0.3, -0.25) is 0 Å². The van der Waals surface area contributed by atoms with Crippen molar-refractivity contribution in [1.29, 1.82) is 0 Å². The molecule has 0 spiro atoms. The zero-order valence-electron chi connectivity index (χ0n) is 10.5. The average molecular weight is 241 g/mol. The highest BCUT2D eigenvalue weighted by molar-refractivity contribution is 5.19. The number of aromatic nitrogens is 2. The van der Waals surface area contributed by atoms with Crippen LogP contribution in [-0.4, -0.2) is 9.55 Å². The normalized spacial score (nSPS) is 17.4. The standard InChI is InChI=1S/C15H19N3/c16-14(12-5-2-1-3-6-12)10-18-11-17-9-15(18)13-7-4-8-13/h1-3,5-6,9,11,13-14H,4,7-8,10,16H2. The summed E-state index contributed by atoms with van der Waals surface area (Å²) in [5.41, 5.74) is 8.81. The molecule has 0 amide bonds. The van der Waals surface area contributed by atoms with E-state index in [1.807, 2.05) is 30.7 Å². The minimum atomic E-state index is 0.0410. The third-order valence-electron chi connectivity index (χ3n) is 3.89. The van der Waals surface area contributed by atoms with Crippen LogP contribution in [0.5, 0.6) is 0 Å². The van der Waals surface area contributed by atoms with Crippen molar-refractivity contribution in [3.63, 3.8) is 0 Å². The van der Waals surface area contributed by atoms with Crippen molar-refractivity contribution < 1.29 is 0 Å². The van der Waals surface area contributed by atoms with Crippen LogP contribution < -0.4 is 5.73 Å². The first-order chi connectivity index (χ1) is 8.84. The van der Waals surface area contributed by atoms with E-state index in [2.05, 4.69) is 21.7 Å². The van der Waals surface area contributed by atoms with Crippen molar-refractivity contribution in [2.24, 2.45) is 5.73 Å². The molecule has 94 valence electrons. The molecule has 0 aliphatic heterocycles. The van der Waals surface area contributed by atoms with Gasteiger partial charge >= 0.3 is 0 Å². The predicted molar refractivity (Wildman–Crippen MR) is 72.2 cm³/mol. The van der Waals surface area contributed by atoms with E-state index in [-0.39, 0.29) is 6.04 Å². The predicted octanol–water partition coefficient (Wildman–Crippen LogP) is 2.85. The number of rotatable bonds is 4. The van der Waals surface area contributed by atoms with Gasteiger partial charge in [0, 0.05) is 30.4 Å². The van der Waals surface area contributed by atoms with Gasteiger partial charge in [0.2, 0.25) is 0 Å². The van der Waals surface area contributed by atoms with Crippen molar-refractivity contribution in [2.45, 2.75) is 37.8 Å². The highest BCUT2D eigenvalue weighted by Crippen LogP contribution is 2.36. The van der Waals surface area contributed by atoms with Crippen molar-refractivity contribution >= 4 is 0 Å². The number of imidazole rings is 1.